The zero-order valence-electron chi connectivity index (χ0n) is 77.4. The van der Waals surface area contributed by atoms with E-state index in [0.717, 1.165) is 126 Å². The molecule has 0 spiro atoms. The number of rotatable bonds is 24. The molecular weight excluding hydrogens is 1540 g/mol. The van der Waals surface area contributed by atoms with Crippen LogP contribution >= 0.6 is 11.7 Å². The molecule has 8 fully saturated rings. The number of amides is 3. The molecule has 7 unspecified atom stereocenters. The number of hydrogen-bond acceptors (Lipinski definition) is 28. The number of piperidine rings is 2. The monoisotopic (exact) mass is 1710 g/mol. The van der Waals surface area contributed by atoms with Crippen molar-refractivity contribution in [2.45, 2.75) is 228 Å². The van der Waals surface area contributed by atoms with E-state index in [-0.39, 0.29) is 25.0 Å². The van der Waals surface area contributed by atoms with E-state index < -0.39 is 18.1 Å². The number of nitrogens with one attached hydrogen (secondary N) is 12. The quantitative estimate of drug-likeness (QED) is 0.0440. The summed E-state index contributed by atoms with van der Waals surface area (Å²) in [6, 6.07) is 29.0. The van der Waals surface area contributed by atoms with Crippen LogP contribution in [0, 0.1) is 5.41 Å². The number of benzene rings is 3. The molecule has 8 aliphatic rings. The third kappa shape index (κ3) is 50.6. The van der Waals surface area contributed by atoms with Gasteiger partial charge in [0, 0.05) is 152 Å². The Morgan fingerprint density at radius 2 is 1.18 bits per heavy atom. The van der Waals surface area contributed by atoms with Crippen molar-refractivity contribution in [1.29, 1.82) is 0 Å². The van der Waals surface area contributed by atoms with E-state index in [1.54, 1.807) is 37.2 Å². The van der Waals surface area contributed by atoms with Crippen LogP contribution in [0.25, 0.3) is 11.0 Å². The zero-order valence-corrected chi connectivity index (χ0v) is 78.2. The molecule has 4 aliphatic carbocycles. The Morgan fingerprint density at radius 3 is 1.66 bits per heavy atom. The van der Waals surface area contributed by atoms with Gasteiger partial charge in [0.1, 0.15) is 11.0 Å². The van der Waals surface area contributed by atoms with E-state index in [9.17, 15) is 14.4 Å². The number of likely N-dealkylation sites (tertiary alicyclic amines) is 3. The number of nitrogens with zero attached hydrogens (tertiary/aromatic N) is 7. The fraction of sp³-hybridized carbons (Fsp3) is 0.764. The van der Waals surface area contributed by atoms with Gasteiger partial charge in [-0.2, -0.15) is 8.75 Å². The number of aliphatic hydroxyl groups excluding tert-OH is 3. The lowest BCUT2D eigenvalue weighted by Crippen LogP contribution is -2.50. The number of aromatic nitrogens is 2. The molecule has 692 valence electrons. The third-order valence-electron chi connectivity index (χ3n) is 23.0. The Labute approximate surface area is 729 Å². The minimum atomic E-state index is -0.512. The maximum atomic E-state index is 11.0. The van der Waals surface area contributed by atoms with Crippen LogP contribution in [0.4, 0.5) is 11.4 Å². The number of anilines is 2. The van der Waals surface area contributed by atoms with Crippen molar-refractivity contribution in [3.05, 3.63) is 83.9 Å². The summed E-state index contributed by atoms with van der Waals surface area (Å²) < 4.78 is 18.9. The van der Waals surface area contributed by atoms with Crippen molar-refractivity contribution in [1.82, 2.24) is 86.4 Å². The Kier molecular flexibility index (Phi) is 62.8. The van der Waals surface area contributed by atoms with E-state index in [1.165, 1.54) is 133 Å². The summed E-state index contributed by atoms with van der Waals surface area (Å²) in [6.45, 7) is 23.0. The van der Waals surface area contributed by atoms with E-state index in [4.69, 9.17) is 42.0 Å². The number of hydrogen-bond donors (Lipinski definition) is 18. The van der Waals surface area contributed by atoms with Crippen molar-refractivity contribution in [2.75, 3.05) is 221 Å². The lowest BCUT2D eigenvalue weighted by molar-refractivity contribution is -0.128. The highest BCUT2D eigenvalue weighted by Crippen LogP contribution is 2.24. The molecule has 7 atom stereocenters. The number of primary amides is 1. The Bertz CT molecular complexity index is 3110. The van der Waals surface area contributed by atoms with Gasteiger partial charge in [-0.1, -0.05) is 88.9 Å². The second-order valence-electron chi connectivity index (χ2n) is 33.7. The number of morpholine rings is 1. The summed E-state index contributed by atoms with van der Waals surface area (Å²) in [6.07, 6.45) is 22.8. The minimum Gasteiger partial charge on any atom is -0.394 e. The summed E-state index contributed by atoms with van der Waals surface area (Å²) in [5.74, 6) is -0.230. The number of fused-ring (bicyclic) bond motifs is 1. The number of carbonyl (C=O) groups excluding carboxylic acids is 3. The molecule has 4 aromatic rings. The average molecular weight is 1710 g/mol. The maximum Gasteiger partial charge on any atom is 0.248 e. The summed E-state index contributed by atoms with van der Waals surface area (Å²) in [4.78, 5) is 43.7. The van der Waals surface area contributed by atoms with Crippen molar-refractivity contribution >= 4 is 51.9 Å². The van der Waals surface area contributed by atoms with Gasteiger partial charge in [0.2, 0.25) is 17.7 Å². The van der Waals surface area contributed by atoms with Gasteiger partial charge in [-0.25, -0.2) is 0 Å². The van der Waals surface area contributed by atoms with Crippen LogP contribution in [0.5, 0.6) is 0 Å². The van der Waals surface area contributed by atoms with Crippen molar-refractivity contribution in [2.24, 2.45) is 22.6 Å². The van der Waals surface area contributed by atoms with Crippen LogP contribution in [-0.2, 0) is 25.6 Å². The predicted molar refractivity (Wildman–Crippen MR) is 500 cm³/mol. The molecule has 12 rings (SSSR count). The molecule has 0 bridgehead atoms. The molecule has 0 radical (unpaired) electrons. The van der Waals surface area contributed by atoms with Crippen molar-refractivity contribution in [3.63, 3.8) is 0 Å². The predicted octanol–water partition coefficient (Wildman–Crippen LogP) is 4.96. The highest BCUT2D eigenvalue weighted by atomic mass is 32.1. The van der Waals surface area contributed by atoms with Crippen LogP contribution in [-0.4, -0.2) is 349 Å². The molecule has 1 aromatic heterocycles. The largest absolute Gasteiger partial charge is 0.394 e. The van der Waals surface area contributed by atoms with Gasteiger partial charge in [0.15, 0.2) is 0 Å². The molecule has 4 aliphatic heterocycles. The summed E-state index contributed by atoms with van der Waals surface area (Å²) in [7, 11) is 27.6. The van der Waals surface area contributed by atoms with Gasteiger partial charge in [-0.15, -0.1) is 0 Å². The second kappa shape index (κ2) is 68.0. The third-order valence-corrected chi connectivity index (χ3v) is 23.5. The second-order valence-corrected chi connectivity index (χ2v) is 34.2. The molecule has 4 saturated carbocycles. The molecular formula is C89H172N22O8S. The average Bonchev–Trinajstić information content (AvgIpc) is 1.75. The normalized spacial score (nSPS) is 23.2. The Morgan fingerprint density at radius 1 is 0.617 bits per heavy atom. The maximum absolute atomic E-state index is 11.0. The van der Waals surface area contributed by atoms with Crippen LogP contribution in [0.2, 0.25) is 0 Å². The number of carbonyl (C=O) groups is 3. The topological polar surface area (TPSA) is 395 Å². The SMILES string of the molecule is CNC(=O)CCN1CCOCC1.CNC1CC(O)C(O)C1.CNC1CCC(OCCO)CC1.CNC1CCCCC1N.CNC1CCCCC1NCC(C)(C)C.CNC1CCN(C(=O)CN)C1.CNC1CCN(C)CC1.CNC1CCN(Cc2ccccc2)CC1.CNCCN(C)C.CNc1cccc(C(N)=O)c1.CNc1cccc2nsnc12. The smallest absolute Gasteiger partial charge is 0.248 e. The summed E-state index contributed by atoms with van der Waals surface area (Å²) in [5, 5.41) is 64.7. The molecule has 120 heavy (non-hydrogen) atoms. The fourth-order valence-electron chi connectivity index (χ4n) is 14.9. The first-order valence-electron chi connectivity index (χ1n) is 44.7. The highest BCUT2D eigenvalue weighted by molar-refractivity contribution is 7.00. The lowest BCUT2D eigenvalue weighted by Gasteiger charge is -2.34. The Hall–Kier alpha value is -5.31. The molecule has 5 heterocycles. The van der Waals surface area contributed by atoms with Crippen LogP contribution in [0.3, 0.4) is 0 Å². The van der Waals surface area contributed by atoms with Crippen LogP contribution < -0.4 is 81.0 Å². The highest BCUT2D eigenvalue weighted by Gasteiger charge is 2.31. The van der Waals surface area contributed by atoms with E-state index in [1.807, 2.05) is 66.6 Å². The van der Waals surface area contributed by atoms with Crippen LogP contribution in [0.15, 0.2) is 72.8 Å². The number of aliphatic hydroxyl groups is 3. The minimum absolute atomic E-state index is 0.0581. The summed E-state index contributed by atoms with van der Waals surface area (Å²) >= 11 is 1.24. The molecule has 3 aromatic carbocycles. The first-order chi connectivity index (χ1) is 57.7. The van der Waals surface area contributed by atoms with Crippen molar-refractivity contribution in [3.8, 4) is 0 Å². The Balaban J connectivity index is 0.000000450. The van der Waals surface area contributed by atoms with Gasteiger partial charge >= 0.3 is 0 Å². The number of ether oxygens (including phenoxy) is 2. The van der Waals surface area contributed by atoms with Gasteiger partial charge in [-0.3, -0.25) is 24.2 Å². The van der Waals surface area contributed by atoms with Gasteiger partial charge < -0.3 is 120 Å². The lowest BCUT2D eigenvalue weighted by atomic mass is 9.89. The molecule has 30 nitrogen and oxygen atoms in total. The first kappa shape index (κ1) is 111. The standard InChI is InChI=1S/C13H20N2.C12H26N2.C9H19NO2.C8H16N2O2.C8H10N2O.C7H15N3O.C7H7N3S.2C7H16N2.C6H13NO2.C5H14N2/c1-14-13-7-9-15(10-8-13)11-12-5-3-2-4-6-12;1-12(2,3)9-14-11-8-6-5-7-10(11)13-4;1-10-8-2-4-9(5-3-8)12-7-6-11;1-9-8(11)2-3-10-4-6-12-7-5-10;1-10-7-4-2-3-6(5-7)8(9)11;1-9-6-2-3-10(5-6)7(11)4-8;1-8-5-3-2-4-6-7(5)10-11-9-6;1-8-7-3-5-9(2)6-4-7;1-9-7-5-3-2-4-6(7)8;1-7-4-2-5(8)6(9)3-4;1-6-4-5-7(2)3/h2-6,13-14H,7-11H2,1H3;10-11,13-14H,5-9H2,1-4H3;8-11H,2-7H2,1H3;2-7H2,1H3,(H,9,11);2-5,10H,1H3,(H2,9,11);6,9H,2-5,8H2,1H3;2-4,8H,1H3;7-8H,3-6H2,1-2H3;6-7,9H,2-5,8H2,1H3;4-9H,2-3H2,1H3;6H,4-5H2,1-3H3. The molecule has 3 amide bonds. The first-order valence-corrected chi connectivity index (χ1v) is 45.4. The van der Waals surface area contributed by atoms with Crippen molar-refractivity contribution < 1.29 is 39.2 Å². The number of likely N-dealkylation sites (N-methyl/N-ethyl adjacent to an activating group) is 5. The van der Waals surface area contributed by atoms with Crippen LogP contribution in [0.1, 0.15) is 165 Å². The van der Waals surface area contributed by atoms with E-state index in [0.29, 0.717) is 85.2 Å². The van der Waals surface area contributed by atoms with Gasteiger partial charge in [0.05, 0.1) is 68.7 Å². The van der Waals surface area contributed by atoms with E-state index in [2.05, 4.69) is 186 Å². The van der Waals surface area contributed by atoms with Gasteiger partial charge in [-0.05, 0) is 241 Å². The fourth-order valence-corrected chi connectivity index (χ4v) is 15.4. The molecule has 21 N–H and O–H groups in total. The molecule has 4 saturated heterocycles. The molecule has 31 heteroatoms. The summed E-state index contributed by atoms with van der Waals surface area (Å²) in [5.41, 5.74) is 22.3. The zero-order chi connectivity index (χ0) is 88.9. The number of nitrogens with two attached hydrogens (primary N) is 3. The van der Waals surface area contributed by atoms with Gasteiger partial charge in [0.25, 0.3) is 0 Å². The van der Waals surface area contributed by atoms with E-state index >= 15 is 0 Å².